The number of imidazole rings is 1. The SMILES string of the molecule is CSC[C@H]1O[C@@H](n2cnc3c(NC(=O)CCCCC(=O)O)ncnc32)[C@H](O)[C@@H]1O. The van der Waals surface area contributed by atoms with Crippen LogP contribution in [0.25, 0.3) is 11.2 Å². The van der Waals surface area contributed by atoms with E-state index in [1.54, 1.807) is 0 Å². The third-order valence-corrected chi connectivity index (χ3v) is 5.27. The van der Waals surface area contributed by atoms with Crippen molar-refractivity contribution in [3.05, 3.63) is 12.7 Å². The van der Waals surface area contributed by atoms with E-state index in [1.165, 1.54) is 29.0 Å². The van der Waals surface area contributed by atoms with Crippen LogP contribution >= 0.6 is 11.8 Å². The summed E-state index contributed by atoms with van der Waals surface area (Å²) in [7, 11) is 0. The lowest BCUT2D eigenvalue weighted by Gasteiger charge is -2.16. The highest BCUT2D eigenvalue weighted by Crippen LogP contribution is 2.33. The number of ether oxygens (including phenoxy) is 1. The second-order valence-electron chi connectivity index (χ2n) is 6.70. The molecule has 4 atom stereocenters. The van der Waals surface area contributed by atoms with Gasteiger partial charge < -0.3 is 25.4 Å². The zero-order valence-corrected chi connectivity index (χ0v) is 16.6. The standard InChI is InChI=1S/C17H23N5O6S/c1-29-6-9-13(26)14(27)17(28-9)22-8-20-12-15(18-7-19-16(12)22)21-10(23)4-2-3-5-11(24)25/h7-9,13-14,17,26-27H,2-6H2,1H3,(H,24,25)(H,18,19,21,23)/t9-,13-,14-,17-/m1/s1. The number of carboxylic acid groups (broad SMARTS) is 1. The minimum Gasteiger partial charge on any atom is -0.481 e. The number of amides is 1. The van der Waals surface area contributed by atoms with Crippen LogP contribution in [-0.2, 0) is 14.3 Å². The van der Waals surface area contributed by atoms with Crippen molar-refractivity contribution >= 4 is 40.6 Å². The molecule has 11 nitrogen and oxygen atoms in total. The molecule has 158 valence electrons. The molecule has 29 heavy (non-hydrogen) atoms. The largest absolute Gasteiger partial charge is 0.481 e. The van der Waals surface area contributed by atoms with Crippen molar-refractivity contribution in [2.24, 2.45) is 0 Å². The quantitative estimate of drug-likeness (QED) is 0.414. The normalized spacial score (nSPS) is 24.1. The monoisotopic (exact) mass is 425 g/mol. The highest BCUT2D eigenvalue weighted by atomic mass is 32.2. The Hall–Kier alpha value is -2.28. The third kappa shape index (κ3) is 4.83. The molecule has 3 heterocycles. The zero-order valence-electron chi connectivity index (χ0n) is 15.8. The van der Waals surface area contributed by atoms with Crippen LogP contribution in [0.2, 0.25) is 0 Å². The summed E-state index contributed by atoms with van der Waals surface area (Å²) in [6.45, 7) is 0. The molecule has 4 N–H and O–H groups in total. The second-order valence-corrected chi connectivity index (χ2v) is 7.61. The van der Waals surface area contributed by atoms with Gasteiger partial charge in [-0.2, -0.15) is 11.8 Å². The van der Waals surface area contributed by atoms with Gasteiger partial charge in [-0.3, -0.25) is 14.2 Å². The fourth-order valence-electron chi connectivity index (χ4n) is 3.15. The second kappa shape index (κ2) is 9.48. The Kier molecular flexibility index (Phi) is 7.00. The van der Waals surface area contributed by atoms with Crippen LogP contribution in [0.4, 0.5) is 5.82 Å². The van der Waals surface area contributed by atoms with Crippen LogP contribution in [0, 0.1) is 0 Å². The van der Waals surface area contributed by atoms with Crippen LogP contribution < -0.4 is 5.32 Å². The maximum absolute atomic E-state index is 12.1. The van der Waals surface area contributed by atoms with Crippen molar-refractivity contribution in [2.45, 2.75) is 50.2 Å². The first-order valence-corrected chi connectivity index (χ1v) is 10.5. The first-order valence-electron chi connectivity index (χ1n) is 9.12. The lowest BCUT2D eigenvalue weighted by Crippen LogP contribution is -2.32. The Balaban J connectivity index is 1.72. The van der Waals surface area contributed by atoms with Crippen molar-refractivity contribution in [1.29, 1.82) is 0 Å². The van der Waals surface area contributed by atoms with Crippen molar-refractivity contribution < 1.29 is 29.6 Å². The molecular weight excluding hydrogens is 402 g/mol. The number of carbonyl (C=O) groups excluding carboxylic acids is 1. The highest BCUT2D eigenvalue weighted by Gasteiger charge is 2.44. The summed E-state index contributed by atoms with van der Waals surface area (Å²) < 4.78 is 7.30. The van der Waals surface area contributed by atoms with Crippen LogP contribution in [0.5, 0.6) is 0 Å². The van der Waals surface area contributed by atoms with Gasteiger partial charge in [-0.1, -0.05) is 0 Å². The molecule has 2 aromatic heterocycles. The molecular formula is C17H23N5O6S. The average Bonchev–Trinajstić information content (AvgIpc) is 3.23. The molecule has 1 aliphatic rings. The molecule has 1 saturated heterocycles. The van der Waals surface area contributed by atoms with Gasteiger partial charge in [0, 0.05) is 18.6 Å². The van der Waals surface area contributed by atoms with E-state index in [9.17, 15) is 19.8 Å². The maximum atomic E-state index is 12.1. The first-order chi connectivity index (χ1) is 13.9. The predicted octanol–water partition coefficient (Wildman–Crippen LogP) is 0.392. The topological polar surface area (TPSA) is 160 Å². The highest BCUT2D eigenvalue weighted by molar-refractivity contribution is 7.98. The van der Waals surface area contributed by atoms with Gasteiger partial charge in [0.05, 0.1) is 12.4 Å². The summed E-state index contributed by atoms with van der Waals surface area (Å²) in [5.74, 6) is -0.461. The van der Waals surface area contributed by atoms with Gasteiger partial charge in [0.15, 0.2) is 23.2 Å². The van der Waals surface area contributed by atoms with Gasteiger partial charge in [0.2, 0.25) is 5.91 Å². The Morgan fingerprint density at radius 2 is 1.97 bits per heavy atom. The number of aromatic nitrogens is 4. The Bertz CT molecular complexity index is 877. The number of nitrogens with zero attached hydrogens (tertiary/aromatic N) is 4. The molecule has 0 unspecified atom stereocenters. The van der Waals surface area contributed by atoms with E-state index in [0.29, 0.717) is 29.8 Å². The first kappa shape index (κ1) is 21.4. The van der Waals surface area contributed by atoms with Gasteiger partial charge >= 0.3 is 5.97 Å². The van der Waals surface area contributed by atoms with E-state index in [0.717, 1.165) is 0 Å². The summed E-state index contributed by atoms with van der Waals surface area (Å²) in [4.78, 5) is 35.1. The average molecular weight is 425 g/mol. The number of thioether (sulfide) groups is 1. The molecule has 0 saturated carbocycles. The number of unbranched alkanes of at least 4 members (excludes halogenated alkanes) is 1. The molecule has 0 radical (unpaired) electrons. The number of fused-ring (bicyclic) bond motifs is 1. The number of hydrogen-bond acceptors (Lipinski definition) is 9. The zero-order chi connectivity index (χ0) is 21.0. The molecule has 1 fully saturated rings. The summed E-state index contributed by atoms with van der Waals surface area (Å²) in [6, 6.07) is 0. The fraction of sp³-hybridized carbons (Fsp3) is 0.588. The molecule has 2 aromatic rings. The van der Waals surface area contributed by atoms with Crippen LogP contribution in [0.1, 0.15) is 31.9 Å². The van der Waals surface area contributed by atoms with Crippen LogP contribution in [-0.4, -0.2) is 77.0 Å². The van der Waals surface area contributed by atoms with E-state index in [-0.39, 0.29) is 24.6 Å². The molecule has 1 amide bonds. The molecule has 0 aromatic carbocycles. The van der Waals surface area contributed by atoms with Gasteiger partial charge in [-0.05, 0) is 19.1 Å². The van der Waals surface area contributed by atoms with Gasteiger partial charge in [0.1, 0.15) is 18.5 Å². The number of rotatable bonds is 9. The number of carboxylic acids is 1. The van der Waals surface area contributed by atoms with Crippen molar-refractivity contribution in [3.63, 3.8) is 0 Å². The number of aliphatic carboxylic acids is 1. The number of nitrogens with one attached hydrogen (secondary N) is 1. The van der Waals surface area contributed by atoms with E-state index >= 15 is 0 Å². The molecule has 0 bridgehead atoms. The summed E-state index contributed by atoms with van der Waals surface area (Å²) >= 11 is 1.50. The summed E-state index contributed by atoms with van der Waals surface area (Å²) in [5.41, 5.74) is 0.673. The number of anilines is 1. The number of aliphatic hydroxyl groups excluding tert-OH is 2. The van der Waals surface area contributed by atoms with Crippen molar-refractivity contribution in [3.8, 4) is 0 Å². The molecule has 1 aliphatic heterocycles. The van der Waals surface area contributed by atoms with Crippen molar-refractivity contribution in [1.82, 2.24) is 19.5 Å². The summed E-state index contributed by atoms with van der Waals surface area (Å²) in [5, 5.41) is 31.9. The molecule has 0 aliphatic carbocycles. The Morgan fingerprint density at radius 1 is 1.21 bits per heavy atom. The molecule has 12 heteroatoms. The minimum atomic E-state index is -1.15. The fourth-order valence-corrected chi connectivity index (χ4v) is 3.75. The van der Waals surface area contributed by atoms with Crippen molar-refractivity contribution in [2.75, 3.05) is 17.3 Å². The molecule has 3 rings (SSSR count). The molecule has 0 spiro atoms. The number of carbonyl (C=O) groups is 2. The van der Waals surface area contributed by atoms with E-state index in [1.807, 2.05) is 6.26 Å². The van der Waals surface area contributed by atoms with E-state index in [2.05, 4.69) is 20.3 Å². The van der Waals surface area contributed by atoms with Crippen LogP contribution in [0.3, 0.4) is 0 Å². The predicted molar refractivity (Wildman–Crippen MR) is 104 cm³/mol. The van der Waals surface area contributed by atoms with E-state index in [4.69, 9.17) is 9.84 Å². The lowest BCUT2D eigenvalue weighted by atomic mass is 10.1. The lowest BCUT2D eigenvalue weighted by molar-refractivity contribution is -0.137. The smallest absolute Gasteiger partial charge is 0.303 e. The third-order valence-electron chi connectivity index (χ3n) is 4.60. The minimum absolute atomic E-state index is 0.0164. The van der Waals surface area contributed by atoms with Gasteiger partial charge in [-0.25, -0.2) is 15.0 Å². The Labute approximate surface area is 170 Å². The summed E-state index contributed by atoms with van der Waals surface area (Å²) in [6.07, 6.45) is 2.03. The van der Waals surface area contributed by atoms with Gasteiger partial charge in [0.25, 0.3) is 0 Å². The number of aliphatic hydroxyl groups is 2. The number of hydrogen-bond donors (Lipinski definition) is 4. The maximum Gasteiger partial charge on any atom is 0.303 e. The van der Waals surface area contributed by atoms with Crippen LogP contribution in [0.15, 0.2) is 12.7 Å². The van der Waals surface area contributed by atoms with E-state index < -0.39 is 30.5 Å². The van der Waals surface area contributed by atoms with Gasteiger partial charge in [-0.15, -0.1) is 0 Å². The Morgan fingerprint density at radius 3 is 2.69 bits per heavy atom.